The number of benzene rings is 8. The quantitative estimate of drug-likeness (QED) is 0.183. The molecule has 8 aromatic carbocycles. The van der Waals surface area contributed by atoms with Crippen molar-refractivity contribution in [1.29, 1.82) is 0 Å². The normalized spacial score (nSPS) is 12.1. The van der Waals surface area contributed by atoms with E-state index >= 15 is 0 Å². The summed E-state index contributed by atoms with van der Waals surface area (Å²) in [5.41, 5.74) is 11.1. The molecule has 0 saturated carbocycles. The Labute approximate surface area is 314 Å². The van der Waals surface area contributed by atoms with Gasteiger partial charge in [-0.2, -0.15) is 0 Å². The van der Waals surface area contributed by atoms with Gasteiger partial charge in [0.15, 0.2) is 17.5 Å². The Balaban J connectivity index is 1.21. The van der Waals surface area contributed by atoms with Gasteiger partial charge in [-0.05, 0) is 63.9 Å². The Bertz CT molecular complexity index is 3280. The molecule has 0 unspecified atom stereocenters. The minimum Gasteiger partial charge on any atom is -0.309 e. The molecule has 3 aromatic heterocycles. The summed E-state index contributed by atoms with van der Waals surface area (Å²) in [6.45, 7) is 0. The molecule has 12 rings (SSSR count). The number of thiophene rings is 1. The van der Waals surface area contributed by atoms with Crippen molar-refractivity contribution in [2.24, 2.45) is 0 Å². The van der Waals surface area contributed by atoms with Gasteiger partial charge in [0.2, 0.25) is 0 Å². The molecule has 0 amide bonds. The molecule has 5 heteroatoms. The van der Waals surface area contributed by atoms with Crippen molar-refractivity contribution >= 4 is 64.1 Å². The molecule has 0 fully saturated rings. The maximum atomic E-state index is 5.54. The van der Waals surface area contributed by atoms with Crippen molar-refractivity contribution < 1.29 is 0 Å². The third-order valence-corrected chi connectivity index (χ3v) is 12.1. The van der Waals surface area contributed by atoms with Crippen LogP contribution < -0.4 is 0 Å². The summed E-state index contributed by atoms with van der Waals surface area (Å²) >= 11 is 1.83. The molecule has 1 aliphatic rings. The molecule has 11 aromatic rings. The molecule has 4 nitrogen and oxygen atoms in total. The van der Waals surface area contributed by atoms with E-state index in [1.54, 1.807) is 0 Å². The Kier molecular flexibility index (Phi) is 6.18. The molecular formula is C49H28N4S. The second-order valence-corrected chi connectivity index (χ2v) is 15.0. The fraction of sp³-hybridized carbons (Fsp3) is 0. The number of nitrogens with zero attached hydrogens (tertiary/aromatic N) is 4. The first-order valence-corrected chi connectivity index (χ1v) is 19.0. The molecule has 3 heterocycles. The van der Waals surface area contributed by atoms with Gasteiger partial charge >= 0.3 is 0 Å². The predicted molar refractivity (Wildman–Crippen MR) is 225 cm³/mol. The average molecular weight is 705 g/mol. The summed E-state index contributed by atoms with van der Waals surface area (Å²) in [6.07, 6.45) is 0. The molecule has 250 valence electrons. The number of aromatic nitrogens is 4. The molecule has 54 heavy (non-hydrogen) atoms. The van der Waals surface area contributed by atoms with Gasteiger partial charge in [0.25, 0.3) is 0 Å². The summed E-state index contributed by atoms with van der Waals surface area (Å²) in [5.74, 6) is 1.95. The van der Waals surface area contributed by atoms with Gasteiger partial charge in [0, 0.05) is 53.2 Å². The van der Waals surface area contributed by atoms with Gasteiger partial charge in [0.1, 0.15) is 0 Å². The van der Waals surface area contributed by atoms with Crippen LogP contribution in [0.5, 0.6) is 0 Å². The van der Waals surface area contributed by atoms with Gasteiger partial charge < -0.3 is 4.57 Å². The lowest BCUT2D eigenvalue weighted by molar-refractivity contribution is 1.07. The highest BCUT2D eigenvalue weighted by Crippen LogP contribution is 2.55. The van der Waals surface area contributed by atoms with Crippen LogP contribution in [-0.2, 0) is 0 Å². The molecule has 0 N–H and O–H groups in total. The van der Waals surface area contributed by atoms with Crippen LogP contribution in [-0.4, -0.2) is 19.5 Å². The SMILES string of the molecule is c1ccc(-c2nc(-c3ccccc3-n3c4ccccc4c4ccccc43)nc(-c3c4c(cc5sc6ccccc6c35)-c3cccc5cccc-4c35)n2)cc1. The van der Waals surface area contributed by atoms with Crippen LogP contribution >= 0.6 is 11.3 Å². The van der Waals surface area contributed by atoms with Gasteiger partial charge in [-0.25, -0.2) is 15.0 Å². The molecule has 0 radical (unpaired) electrons. The highest BCUT2D eigenvalue weighted by molar-refractivity contribution is 7.26. The maximum Gasteiger partial charge on any atom is 0.166 e. The molecule has 1 aliphatic carbocycles. The van der Waals surface area contributed by atoms with Crippen molar-refractivity contribution in [1.82, 2.24) is 19.5 Å². The molecule has 0 saturated heterocycles. The first kappa shape index (κ1) is 29.6. The smallest absolute Gasteiger partial charge is 0.166 e. The van der Waals surface area contributed by atoms with Crippen molar-refractivity contribution in [3.8, 4) is 62.1 Å². The zero-order valence-corrected chi connectivity index (χ0v) is 29.7. The summed E-state index contributed by atoms with van der Waals surface area (Å²) in [5, 5.41) is 7.35. The highest BCUT2D eigenvalue weighted by Gasteiger charge is 2.30. The summed E-state index contributed by atoms with van der Waals surface area (Å²) in [4.78, 5) is 16.2. The zero-order chi connectivity index (χ0) is 35.3. The van der Waals surface area contributed by atoms with E-state index in [0.29, 0.717) is 17.5 Å². The van der Waals surface area contributed by atoms with E-state index in [-0.39, 0.29) is 0 Å². The number of hydrogen-bond acceptors (Lipinski definition) is 4. The van der Waals surface area contributed by atoms with E-state index in [1.165, 1.54) is 64.0 Å². The third kappa shape index (κ3) is 4.15. The van der Waals surface area contributed by atoms with Crippen molar-refractivity contribution in [3.05, 3.63) is 170 Å². The average Bonchev–Trinajstić information content (AvgIpc) is 3.89. The van der Waals surface area contributed by atoms with E-state index < -0.39 is 0 Å². The van der Waals surface area contributed by atoms with E-state index in [2.05, 4.69) is 156 Å². The number of para-hydroxylation sites is 3. The maximum absolute atomic E-state index is 5.54. The third-order valence-electron chi connectivity index (χ3n) is 11.0. The van der Waals surface area contributed by atoms with Crippen LogP contribution in [0.1, 0.15) is 0 Å². The number of fused-ring (bicyclic) bond motifs is 9. The first-order valence-electron chi connectivity index (χ1n) is 18.2. The number of rotatable bonds is 4. The molecule has 0 atom stereocenters. The second-order valence-electron chi connectivity index (χ2n) is 13.9. The fourth-order valence-electron chi connectivity index (χ4n) is 8.74. The van der Waals surface area contributed by atoms with E-state index in [1.807, 2.05) is 29.5 Å². The summed E-state index contributed by atoms with van der Waals surface area (Å²) < 4.78 is 4.83. The van der Waals surface area contributed by atoms with Crippen LogP contribution in [0.15, 0.2) is 170 Å². The molecule has 0 aliphatic heterocycles. The van der Waals surface area contributed by atoms with Crippen LogP contribution in [0.3, 0.4) is 0 Å². The van der Waals surface area contributed by atoms with Crippen LogP contribution in [0.25, 0.3) is 115 Å². The highest BCUT2D eigenvalue weighted by atomic mass is 32.1. The van der Waals surface area contributed by atoms with Gasteiger partial charge in [-0.1, -0.05) is 133 Å². The van der Waals surface area contributed by atoms with Crippen LogP contribution in [0.4, 0.5) is 0 Å². The number of hydrogen-bond donors (Lipinski definition) is 0. The van der Waals surface area contributed by atoms with Gasteiger partial charge in [0.05, 0.1) is 16.7 Å². The minimum atomic E-state index is 0.635. The van der Waals surface area contributed by atoms with Crippen molar-refractivity contribution in [2.75, 3.05) is 0 Å². The Morgan fingerprint density at radius 3 is 1.80 bits per heavy atom. The lowest BCUT2D eigenvalue weighted by Gasteiger charge is -2.16. The lowest BCUT2D eigenvalue weighted by atomic mass is 9.93. The zero-order valence-electron chi connectivity index (χ0n) is 28.9. The Morgan fingerprint density at radius 2 is 1.00 bits per heavy atom. The van der Waals surface area contributed by atoms with Crippen LogP contribution in [0, 0.1) is 0 Å². The van der Waals surface area contributed by atoms with Gasteiger partial charge in [-0.3, -0.25) is 0 Å². The molecular weight excluding hydrogens is 677 g/mol. The van der Waals surface area contributed by atoms with Crippen LogP contribution in [0.2, 0.25) is 0 Å². The van der Waals surface area contributed by atoms with Crippen molar-refractivity contribution in [2.45, 2.75) is 0 Å². The predicted octanol–water partition coefficient (Wildman–Crippen LogP) is 13.1. The van der Waals surface area contributed by atoms with E-state index in [4.69, 9.17) is 15.0 Å². The Hall–Kier alpha value is -6.95. The fourth-order valence-corrected chi connectivity index (χ4v) is 9.90. The van der Waals surface area contributed by atoms with E-state index in [9.17, 15) is 0 Å². The molecule has 0 spiro atoms. The standard InChI is InChI=1S/C49H28N4S/c1-2-14-30(15-3-1)47-50-48(34-20-6-10-26-40(34)53-38-24-8-4-18-31(38)32-19-5-9-25-39(32)53)52-49(51-47)46-44-36-23-13-17-29-16-12-22-33(43(29)36)37(44)28-42-45(46)35-21-7-11-27-41(35)54-42/h1-28H. The molecule has 0 bridgehead atoms. The first-order chi connectivity index (χ1) is 26.8. The lowest BCUT2D eigenvalue weighted by Crippen LogP contribution is -2.04. The van der Waals surface area contributed by atoms with Gasteiger partial charge in [-0.15, -0.1) is 11.3 Å². The summed E-state index contributed by atoms with van der Waals surface area (Å²) in [7, 11) is 0. The largest absolute Gasteiger partial charge is 0.309 e. The summed E-state index contributed by atoms with van der Waals surface area (Å²) in [6, 6.07) is 60.5. The Morgan fingerprint density at radius 1 is 0.389 bits per heavy atom. The second kappa shape index (κ2) is 11.3. The van der Waals surface area contributed by atoms with E-state index in [0.717, 1.165) is 33.4 Å². The van der Waals surface area contributed by atoms with Crippen molar-refractivity contribution in [3.63, 3.8) is 0 Å². The topological polar surface area (TPSA) is 43.6 Å². The minimum absolute atomic E-state index is 0.635. The monoisotopic (exact) mass is 704 g/mol.